The smallest absolute Gasteiger partial charge is 0.311 e. The van der Waals surface area contributed by atoms with Crippen molar-refractivity contribution in [2.24, 2.45) is 0 Å². The van der Waals surface area contributed by atoms with Crippen molar-refractivity contribution < 1.29 is 9.53 Å². The summed E-state index contributed by atoms with van der Waals surface area (Å²) in [6, 6.07) is 16.5. The van der Waals surface area contributed by atoms with Gasteiger partial charge in [-0.15, -0.1) is 0 Å². The summed E-state index contributed by atoms with van der Waals surface area (Å²) in [6.45, 7) is 0. The van der Waals surface area contributed by atoms with Crippen LogP contribution in [-0.4, -0.2) is 5.97 Å². The van der Waals surface area contributed by atoms with Crippen molar-refractivity contribution >= 4 is 5.97 Å². The van der Waals surface area contributed by atoms with Gasteiger partial charge < -0.3 is 4.74 Å². The van der Waals surface area contributed by atoms with Crippen LogP contribution in [0.2, 0.25) is 0 Å². The van der Waals surface area contributed by atoms with Gasteiger partial charge in [0.1, 0.15) is 5.75 Å². The van der Waals surface area contributed by atoms with Gasteiger partial charge in [-0.05, 0) is 36.0 Å². The fraction of sp³-hybridized carbons (Fsp3) is 0.278. The van der Waals surface area contributed by atoms with E-state index in [1.165, 1.54) is 16.7 Å². The summed E-state index contributed by atoms with van der Waals surface area (Å²) >= 11 is 0. The predicted octanol–water partition coefficient (Wildman–Crippen LogP) is 3.81. The third kappa shape index (κ3) is 1.75. The molecule has 0 saturated heterocycles. The first kappa shape index (κ1) is 11.7. The van der Waals surface area contributed by atoms with Crippen LogP contribution in [0, 0.1) is 0 Å². The van der Waals surface area contributed by atoms with Gasteiger partial charge in [0.2, 0.25) is 0 Å². The van der Waals surface area contributed by atoms with Crippen LogP contribution >= 0.6 is 0 Å². The van der Waals surface area contributed by atoms with E-state index in [0.29, 0.717) is 12.3 Å². The quantitative estimate of drug-likeness (QED) is 0.578. The molecule has 2 aromatic rings. The van der Waals surface area contributed by atoms with Crippen molar-refractivity contribution in [3.8, 4) is 5.75 Å². The first-order valence-electron chi connectivity index (χ1n) is 7.20. The van der Waals surface area contributed by atoms with Gasteiger partial charge in [0, 0.05) is 11.5 Å². The maximum Gasteiger partial charge on any atom is 0.311 e. The van der Waals surface area contributed by atoms with E-state index in [4.69, 9.17) is 4.74 Å². The lowest BCUT2D eigenvalue weighted by Gasteiger charge is -2.21. The highest BCUT2D eigenvalue weighted by atomic mass is 16.5. The standard InChI is InChI=1S/C18H16O2/c19-17-11-15(12-5-2-1-3-6-12)14-10-9-13-7-4-8-16(20-17)18(13)14/h1-8,14-15H,9-11H2/t14-,15+/m1/s1. The Balaban J connectivity index is 1.86. The molecule has 2 heteroatoms. The van der Waals surface area contributed by atoms with E-state index < -0.39 is 0 Å². The van der Waals surface area contributed by atoms with Gasteiger partial charge in [0.25, 0.3) is 0 Å². The molecule has 0 N–H and O–H groups in total. The molecule has 1 heterocycles. The Morgan fingerprint density at radius 2 is 1.80 bits per heavy atom. The summed E-state index contributed by atoms with van der Waals surface area (Å²) in [7, 11) is 0. The van der Waals surface area contributed by atoms with Crippen LogP contribution in [0.1, 0.15) is 41.4 Å². The second-order valence-electron chi connectivity index (χ2n) is 5.67. The van der Waals surface area contributed by atoms with Crippen molar-refractivity contribution in [3.05, 3.63) is 65.2 Å². The molecule has 0 amide bonds. The van der Waals surface area contributed by atoms with Crippen LogP contribution in [0.15, 0.2) is 48.5 Å². The van der Waals surface area contributed by atoms with E-state index in [1.54, 1.807) is 0 Å². The van der Waals surface area contributed by atoms with Gasteiger partial charge in [0.15, 0.2) is 0 Å². The summed E-state index contributed by atoms with van der Waals surface area (Å²) in [5.41, 5.74) is 3.87. The lowest BCUT2D eigenvalue weighted by molar-refractivity contribution is -0.134. The molecule has 0 fully saturated rings. The van der Waals surface area contributed by atoms with Crippen molar-refractivity contribution in [3.63, 3.8) is 0 Å². The number of benzene rings is 2. The van der Waals surface area contributed by atoms with E-state index in [-0.39, 0.29) is 11.9 Å². The van der Waals surface area contributed by atoms with Crippen LogP contribution < -0.4 is 4.74 Å². The lowest BCUT2D eigenvalue weighted by Crippen LogP contribution is -2.13. The Morgan fingerprint density at radius 1 is 0.950 bits per heavy atom. The minimum absolute atomic E-state index is 0.110. The van der Waals surface area contributed by atoms with Gasteiger partial charge in [-0.3, -0.25) is 4.79 Å². The van der Waals surface area contributed by atoms with E-state index >= 15 is 0 Å². The second-order valence-corrected chi connectivity index (χ2v) is 5.67. The number of aryl methyl sites for hydroxylation is 1. The maximum atomic E-state index is 12.1. The first-order valence-corrected chi connectivity index (χ1v) is 7.20. The highest BCUT2D eigenvalue weighted by molar-refractivity contribution is 5.76. The van der Waals surface area contributed by atoms with E-state index in [9.17, 15) is 4.79 Å². The monoisotopic (exact) mass is 264 g/mol. The molecule has 1 aliphatic carbocycles. The van der Waals surface area contributed by atoms with E-state index in [1.807, 2.05) is 30.3 Å². The SMILES string of the molecule is O=C1C[C@@H](c2ccccc2)[C@H]2CCc3cccc(c32)O1. The summed E-state index contributed by atoms with van der Waals surface area (Å²) in [5, 5.41) is 0. The average molecular weight is 264 g/mol. The normalized spacial score (nSPS) is 23.9. The average Bonchev–Trinajstić information content (AvgIpc) is 2.84. The molecule has 4 rings (SSSR count). The summed E-state index contributed by atoms with van der Waals surface area (Å²) < 4.78 is 5.56. The number of ether oxygens (including phenoxy) is 1. The Bertz CT molecular complexity index is 660. The minimum Gasteiger partial charge on any atom is -0.426 e. The largest absolute Gasteiger partial charge is 0.426 e. The first-order chi connectivity index (χ1) is 9.83. The summed E-state index contributed by atoms with van der Waals surface area (Å²) in [4.78, 5) is 12.1. The van der Waals surface area contributed by atoms with Gasteiger partial charge in [0.05, 0.1) is 6.42 Å². The second kappa shape index (κ2) is 4.48. The molecule has 0 spiro atoms. The third-order valence-electron chi connectivity index (χ3n) is 4.58. The topological polar surface area (TPSA) is 26.3 Å². The van der Waals surface area contributed by atoms with Crippen molar-refractivity contribution in [1.82, 2.24) is 0 Å². The highest BCUT2D eigenvalue weighted by Gasteiger charge is 2.37. The van der Waals surface area contributed by atoms with Crippen molar-refractivity contribution in [1.29, 1.82) is 0 Å². The molecule has 0 unspecified atom stereocenters. The Morgan fingerprint density at radius 3 is 2.65 bits per heavy atom. The zero-order chi connectivity index (χ0) is 13.5. The number of rotatable bonds is 1. The molecule has 2 aromatic carbocycles. The zero-order valence-electron chi connectivity index (χ0n) is 11.2. The molecular weight excluding hydrogens is 248 g/mol. The van der Waals surface area contributed by atoms with Gasteiger partial charge >= 0.3 is 5.97 Å². The van der Waals surface area contributed by atoms with Gasteiger partial charge in [-0.25, -0.2) is 0 Å². The number of carbonyl (C=O) groups excluding carboxylic acids is 1. The van der Waals surface area contributed by atoms with Gasteiger partial charge in [-0.1, -0.05) is 42.5 Å². The van der Waals surface area contributed by atoms with E-state index in [2.05, 4.69) is 18.2 Å². The highest BCUT2D eigenvalue weighted by Crippen LogP contribution is 2.50. The molecule has 100 valence electrons. The fourth-order valence-corrected chi connectivity index (χ4v) is 3.71. The predicted molar refractivity (Wildman–Crippen MR) is 76.9 cm³/mol. The Kier molecular flexibility index (Phi) is 2.62. The van der Waals surface area contributed by atoms with Crippen LogP contribution in [0.5, 0.6) is 5.75 Å². The van der Waals surface area contributed by atoms with Crippen molar-refractivity contribution in [2.75, 3.05) is 0 Å². The number of carbonyl (C=O) groups is 1. The molecular formula is C18H16O2. The molecule has 0 bridgehead atoms. The van der Waals surface area contributed by atoms with Gasteiger partial charge in [-0.2, -0.15) is 0 Å². The molecule has 2 aliphatic rings. The van der Waals surface area contributed by atoms with Crippen LogP contribution in [0.4, 0.5) is 0 Å². The molecule has 0 saturated carbocycles. The zero-order valence-corrected chi connectivity index (χ0v) is 11.2. The molecule has 0 aromatic heterocycles. The number of esters is 1. The molecule has 1 aliphatic heterocycles. The van der Waals surface area contributed by atoms with Crippen LogP contribution in [0.25, 0.3) is 0 Å². The number of hydrogen-bond acceptors (Lipinski definition) is 2. The van der Waals surface area contributed by atoms with Crippen LogP contribution in [0.3, 0.4) is 0 Å². The summed E-state index contributed by atoms with van der Waals surface area (Å²) in [5.74, 6) is 1.33. The molecule has 2 nitrogen and oxygen atoms in total. The molecule has 0 radical (unpaired) electrons. The molecule has 2 atom stereocenters. The van der Waals surface area contributed by atoms with Crippen molar-refractivity contribution in [2.45, 2.75) is 31.1 Å². The fourth-order valence-electron chi connectivity index (χ4n) is 3.71. The summed E-state index contributed by atoms with van der Waals surface area (Å²) in [6.07, 6.45) is 2.68. The number of hydrogen-bond donors (Lipinski definition) is 0. The van der Waals surface area contributed by atoms with E-state index in [0.717, 1.165) is 18.6 Å². The Hall–Kier alpha value is -2.09. The lowest BCUT2D eigenvalue weighted by atomic mass is 9.80. The minimum atomic E-state index is -0.110. The third-order valence-corrected chi connectivity index (χ3v) is 4.58. The maximum absolute atomic E-state index is 12.1. The molecule has 20 heavy (non-hydrogen) atoms. The van der Waals surface area contributed by atoms with Crippen LogP contribution in [-0.2, 0) is 11.2 Å². The Labute approximate surface area is 118 Å².